The van der Waals surface area contributed by atoms with E-state index in [4.69, 9.17) is 4.84 Å². The molecule has 58 valence electrons. The van der Waals surface area contributed by atoms with E-state index in [9.17, 15) is 4.79 Å². The Bertz CT molecular complexity index is 125. The Kier molecular flexibility index (Phi) is 2.68. The molecule has 0 amide bonds. The van der Waals surface area contributed by atoms with Gasteiger partial charge < -0.3 is 4.84 Å². The topological polar surface area (TPSA) is 29.5 Å². The Balaban J connectivity index is 2.38. The summed E-state index contributed by atoms with van der Waals surface area (Å²) < 4.78 is 0. The largest absolute Gasteiger partial charge is 0.368 e. The fraction of sp³-hybridized carbons (Fsp3) is 0.857. The Morgan fingerprint density at radius 2 is 2.40 bits per heavy atom. The molecule has 1 rings (SSSR count). The molecule has 1 aliphatic heterocycles. The molecule has 0 saturated carbocycles. The van der Waals surface area contributed by atoms with Gasteiger partial charge in [-0.3, -0.25) is 4.79 Å². The van der Waals surface area contributed by atoms with Crippen molar-refractivity contribution in [3.05, 3.63) is 0 Å². The average Bonchev–Trinajstić information content (AvgIpc) is 2.13. The van der Waals surface area contributed by atoms with Crippen LogP contribution in [-0.2, 0) is 9.63 Å². The minimum atomic E-state index is -0.0839. The molecule has 0 aromatic carbocycles. The molecule has 1 fully saturated rings. The van der Waals surface area contributed by atoms with E-state index in [1.165, 1.54) is 0 Å². The molecular formula is C7H13NO2. The first-order valence-corrected chi connectivity index (χ1v) is 3.78. The van der Waals surface area contributed by atoms with Gasteiger partial charge in [0.15, 0.2) is 0 Å². The van der Waals surface area contributed by atoms with Crippen molar-refractivity contribution in [1.82, 2.24) is 5.06 Å². The van der Waals surface area contributed by atoms with E-state index in [0.29, 0.717) is 6.42 Å². The van der Waals surface area contributed by atoms with Gasteiger partial charge in [-0.2, -0.15) is 0 Å². The van der Waals surface area contributed by atoms with Gasteiger partial charge in [-0.25, -0.2) is 0 Å². The maximum absolute atomic E-state index is 10.8. The van der Waals surface area contributed by atoms with Gasteiger partial charge in [0.05, 0.1) is 0 Å². The third-order valence-corrected chi connectivity index (χ3v) is 1.62. The maximum atomic E-state index is 10.8. The summed E-state index contributed by atoms with van der Waals surface area (Å²) in [6.07, 6.45) is 2.62. The lowest BCUT2D eigenvalue weighted by molar-refractivity contribution is -0.186. The number of nitrogens with zero attached hydrogens (tertiary/aromatic N) is 1. The monoisotopic (exact) mass is 143 g/mol. The molecule has 0 aromatic rings. The van der Waals surface area contributed by atoms with Crippen LogP contribution in [0.5, 0.6) is 0 Å². The van der Waals surface area contributed by atoms with E-state index >= 15 is 0 Å². The van der Waals surface area contributed by atoms with E-state index < -0.39 is 0 Å². The zero-order valence-electron chi connectivity index (χ0n) is 6.30. The summed E-state index contributed by atoms with van der Waals surface area (Å²) in [4.78, 5) is 15.7. The molecule has 0 bridgehead atoms. The van der Waals surface area contributed by atoms with Crippen LogP contribution in [0.1, 0.15) is 26.2 Å². The van der Waals surface area contributed by atoms with Crippen LogP contribution in [0.4, 0.5) is 0 Å². The minimum absolute atomic E-state index is 0.0839. The molecule has 1 heterocycles. The molecule has 3 heteroatoms. The van der Waals surface area contributed by atoms with Crippen molar-refractivity contribution in [3.8, 4) is 0 Å². The smallest absolute Gasteiger partial charge is 0.325 e. The van der Waals surface area contributed by atoms with Crippen LogP contribution >= 0.6 is 0 Å². The van der Waals surface area contributed by atoms with Crippen LogP contribution in [0.2, 0.25) is 0 Å². The standard InChI is InChI=1S/C7H13NO2/c1-2-8-6-4-3-5-7(9)10-8/h2-6H2,1H3. The molecule has 0 aromatic heterocycles. The second kappa shape index (κ2) is 3.56. The lowest BCUT2D eigenvalue weighted by Gasteiger charge is -2.15. The second-order valence-corrected chi connectivity index (χ2v) is 2.44. The van der Waals surface area contributed by atoms with E-state index in [1.54, 1.807) is 5.06 Å². The summed E-state index contributed by atoms with van der Waals surface area (Å²) in [5.74, 6) is -0.0839. The summed E-state index contributed by atoms with van der Waals surface area (Å²) in [6.45, 7) is 3.67. The third kappa shape index (κ3) is 1.99. The summed E-state index contributed by atoms with van der Waals surface area (Å²) in [7, 11) is 0. The van der Waals surface area contributed by atoms with Crippen molar-refractivity contribution in [3.63, 3.8) is 0 Å². The first-order valence-electron chi connectivity index (χ1n) is 3.78. The Hall–Kier alpha value is -0.570. The van der Waals surface area contributed by atoms with E-state index in [0.717, 1.165) is 25.9 Å². The Morgan fingerprint density at radius 3 is 3.10 bits per heavy atom. The summed E-state index contributed by atoms with van der Waals surface area (Å²) in [5, 5.41) is 1.72. The fourth-order valence-electron chi connectivity index (χ4n) is 1.02. The molecule has 0 radical (unpaired) electrons. The van der Waals surface area contributed by atoms with Gasteiger partial charge in [-0.05, 0) is 19.8 Å². The van der Waals surface area contributed by atoms with Crippen LogP contribution in [0.3, 0.4) is 0 Å². The molecule has 3 nitrogen and oxygen atoms in total. The summed E-state index contributed by atoms with van der Waals surface area (Å²) in [6, 6.07) is 0. The Morgan fingerprint density at radius 1 is 1.60 bits per heavy atom. The zero-order chi connectivity index (χ0) is 7.40. The van der Waals surface area contributed by atoms with Crippen LogP contribution in [0.15, 0.2) is 0 Å². The van der Waals surface area contributed by atoms with Gasteiger partial charge in [0.25, 0.3) is 0 Å². The zero-order valence-corrected chi connectivity index (χ0v) is 6.30. The predicted molar refractivity (Wildman–Crippen MR) is 37.2 cm³/mol. The molecular weight excluding hydrogens is 130 g/mol. The Labute approximate surface area is 60.9 Å². The lowest BCUT2D eigenvalue weighted by Crippen LogP contribution is -2.25. The molecule has 0 N–H and O–H groups in total. The van der Waals surface area contributed by atoms with Crippen LogP contribution < -0.4 is 0 Å². The molecule has 0 aliphatic carbocycles. The SMILES string of the molecule is CCN1CCCCC(=O)O1. The number of carbonyl (C=O) groups is 1. The predicted octanol–water partition coefficient (Wildman–Crippen LogP) is 0.950. The van der Waals surface area contributed by atoms with Crippen molar-refractivity contribution in [1.29, 1.82) is 0 Å². The lowest BCUT2D eigenvalue weighted by atomic mass is 10.2. The molecule has 0 unspecified atom stereocenters. The first-order chi connectivity index (χ1) is 4.83. The number of hydrogen-bond acceptors (Lipinski definition) is 3. The van der Waals surface area contributed by atoms with Crippen molar-refractivity contribution in [2.24, 2.45) is 0 Å². The highest BCUT2D eigenvalue weighted by molar-refractivity contribution is 5.69. The number of carbonyl (C=O) groups excluding carboxylic acids is 1. The third-order valence-electron chi connectivity index (χ3n) is 1.62. The van der Waals surface area contributed by atoms with Gasteiger partial charge in [0, 0.05) is 19.5 Å². The van der Waals surface area contributed by atoms with Gasteiger partial charge in [-0.15, -0.1) is 5.06 Å². The van der Waals surface area contributed by atoms with Gasteiger partial charge >= 0.3 is 5.97 Å². The maximum Gasteiger partial charge on any atom is 0.325 e. The quantitative estimate of drug-likeness (QED) is 0.547. The summed E-state index contributed by atoms with van der Waals surface area (Å²) >= 11 is 0. The van der Waals surface area contributed by atoms with Gasteiger partial charge in [0.2, 0.25) is 0 Å². The van der Waals surface area contributed by atoms with E-state index in [-0.39, 0.29) is 5.97 Å². The molecule has 0 atom stereocenters. The molecule has 1 saturated heterocycles. The minimum Gasteiger partial charge on any atom is -0.368 e. The van der Waals surface area contributed by atoms with Gasteiger partial charge in [0.1, 0.15) is 0 Å². The normalized spacial score (nSPS) is 21.9. The number of rotatable bonds is 1. The van der Waals surface area contributed by atoms with E-state index in [2.05, 4.69) is 0 Å². The van der Waals surface area contributed by atoms with Crippen LogP contribution in [0.25, 0.3) is 0 Å². The average molecular weight is 143 g/mol. The van der Waals surface area contributed by atoms with E-state index in [1.807, 2.05) is 6.92 Å². The van der Waals surface area contributed by atoms with Crippen LogP contribution in [0, 0.1) is 0 Å². The second-order valence-electron chi connectivity index (χ2n) is 2.44. The fourth-order valence-corrected chi connectivity index (χ4v) is 1.02. The van der Waals surface area contributed by atoms with Crippen molar-refractivity contribution >= 4 is 5.97 Å². The molecule has 1 aliphatic rings. The molecule has 0 spiro atoms. The molecule has 10 heavy (non-hydrogen) atoms. The van der Waals surface area contributed by atoms with Crippen molar-refractivity contribution in [2.75, 3.05) is 13.1 Å². The highest BCUT2D eigenvalue weighted by atomic mass is 16.7. The highest BCUT2D eigenvalue weighted by Gasteiger charge is 2.13. The van der Waals surface area contributed by atoms with Crippen molar-refractivity contribution < 1.29 is 9.63 Å². The first kappa shape index (κ1) is 7.54. The number of hydrogen-bond donors (Lipinski definition) is 0. The van der Waals surface area contributed by atoms with Gasteiger partial charge in [-0.1, -0.05) is 0 Å². The highest BCUT2D eigenvalue weighted by Crippen LogP contribution is 2.07. The summed E-state index contributed by atoms with van der Waals surface area (Å²) in [5.41, 5.74) is 0. The number of hydroxylamine groups is 2. The van der Waals surface area contributed by atoms with Crippen molar-refractivity contribution in [2.45, 2.75) is 26.2 Å². The van der Waals surface area contributed by atoms with Crippen LogP contribution in [-0.4, -0.2) is 24.1 Å².